The molecule has 1 N–H and O–H groups in total. The average Bonchev–Trinajstić information content (AvgIpc) is 2.75. The zero-order valence-electron chi connectivity index (χ0n) is 16.5. The van der Waals surface area contributed by atoms with Gasteiger partial charge in [0, 0.05) is 50.5 Å². The largest absolute Gasteiger partial charge is 0.497 e. The van der Waals surface area contributed by atoms with Crippen LogP contribution < -0.4 is 15.0 Å². The van der Waals surface area contributed by atoms with Crippen molar-refractivity contribution in [3.05, 3.63) is 64.2 Å². The van der Waals surface area contributed by atoms with Crippen molar-refractivity contribution in [2.24, 2.45) is 0 Å². The fourth-order valence-corrected chi connectivity index (χ4v) is 3.35. The van der Waals surface area contributed by atoms with Crippen molar-refractivity contribution < 1.29 is 14.5 Å². The molecule has 0 aliphatic carbocycles. The molecule has 1 fully saturated rings. The number of piperazine rings is 1. The predicted molar refractivity (Wildman–Crippen MR) is 111 cm³/mol. The Bertz CT molecular complexity index is 816. The Labute approximate surface area is 170 Å². The van der Waals surface area contributed by atoms with Crippen LogP contribution in [0.4, 0.5) is 11.4 Å². The van der Waals surface area contributed by atoms with Crippen LogP contribution in [0.15, 0.2) is 48.5 Å². The summed E-state index contributed by atoms with van der Waals surface area (Å²) in [7, 11) is 1.64. The molecule has 0 atom stereocenters. The molecule has 2 aromatic rings. The third-order valence-corrected chi connectivity index (χ3v) is 5.06. The minimum absolute atomic E-state index is 0.0299. The van der Waals surface area contributed by atoms with E-state index in [4.69, 9.17) is 4.74 Å². The molecular weight excluding hydrogens is 372 g/mol. The van der Waals surface area contributed by atoms with E-state index in [0.717, 1.165) is 49.6 Å². The topological polar surface area (TPSA) is 88.0 Å². The van der Waals surface area contributed by atoms with Gasteiger partial charge in [0.2, 0.25) is 5.91 Å². The first-order valence-corrected chi connectivity index (χ1v) is 9.66. The van der Waals surface area contributed by atoms with Gasteiger partial charge in [0.1, 0.15) is 5.75 Å². The number of rotatable bonds is 8. The van der Waals surface area contributed by atoms with E-state index in [2.05, 4.69) is 15.1 Å². The molecule has 0 spiro atoms. The fraction of sp³-hybridized carbons (Fsp3) is 0.381. The second kappa shape index (κ2) is 9.88. The smallest absolute Gasteiger partial charge is 0.269 e. The second-order valence-corrected chi connectivity index (χ2v) is 6.98. The molecule has 0 bridgehead atoms. The van der Waals surface area contributed by atoms with Gasteiger partial charge in [0.25, 0.3) is 5.69 Å². The third kappa shape index (κ3) is 5.92. The van der Waals surface area contributed by atoms with Crippen LogP contribution in [0.1, 0.15) is 5.56 Å². The van der Waals surface area contributed by atoms with Gasteiger partial charge < -0.3 is 15.0 Å². The molecule has 3 rings (SSSR count). The molecule has 1 aliphatic heterocycles. The highest BCUT2D eigenvalue weighted by Gasteiger charge is 2.19. The van der Waals surface area contributed by atoms with Gasteiger partial charge in [0.15, 0.2) is 0 Å². The summed E-state index contributed by atoms with van der Waals surface area (Å²) in [5, 5.41) is 13.7. The zero-order chi connectivity index (χ0) is 20.6. The molecule has 8 heteroatoms. The number of anilines is 1. The summed E-state index contributed by atoms with van der Waals surface area (Å²) in [6, 6.07) is 14.4. The number of methoxy groups -OCH3 is 1. The molecule has 154 valence electrons. The standard InChI is InChI=1S/C21H26N4O4/c1-29-20-8-2-17(3-9-20)10-11-22-21(26)16-23-12-14-24(15-13-23)18-4-6-19(7-5-18)25(27)28/h2-9H,10-16H2,1H3,(H,22,26). The van der Waals surface area contributed by atoms with Crippen molar-refractivity contribution in [2.45, 2.75) is 6.42 Å². The number of benzene rings is 2. The molecule has 0 unspecified atom stereocenters. The lowest BCUT2D eigenvalue weighted by molar-refractivity contribution is -0.384. The van der Waals surface area contributed by atoms with Gasteiger partial charge in [-0.15, -0.1) is 0 Å². The second-order valence-electron chi connectivity index (χ2n) is 6.98. The van der Waals surface area contributed by atoms with Crippen LogP contribution in [0.5, 0.6) is 5.75 Å². The van der Waals surface area contributed by atoms with Crippen LogP contribution >= 0.6 is 0 Å². The van der Waals surface area contributed by atoms with Crippen LogP contribution in [-0.4, -0.2) is 62.1 Å². The van der Waals surface area contributed by atoms with Crippen molar-refractivity contribution in [1.82, 2.24) is 10.2 Å². The van der Waals surface area contributed by atoms with E-state index in [-0.39, 0.29) is 11.6 Å². The molecule has 29 heavy (non-hydrogen) atoms. The number of carbonyl (C=O) groups excluding carboxylic acids is 1. The van der Waals surface area contributed by atoms with Crippen LogP contribution in [0, 0.1) is 10.1 Å². The zero-order valence-corrected chi connectivity index (χ0v) is 16.5. The van der Waals surface area contributed by atoms with Crippen LogP contribution in [0.2, 0.25) is 0 Å². The summed E-state index contributed by atoms with van der Waals surface area (Å²) in [5.41, 5.74) is 2.22. The lowest BCUT2D eigenvalue weighted by Gasteiger charge is -2.35. The minimum Gasteiger partial charge on any atom is -0.497 e. The van der Waals surface area contributed by atoms with Crippen molar-refractivity contribution >= 4 is 17.3 Å². The number of hydrogen-bond acceptors (Lipinski definition) is 6. The first-order valence-electron chi connectivity index (χ1n) is 9.66. The summed E-state index contributed by atoms with van der Waals surface area (Å²) in [6.45, 7) is 4.13. The number of nitrogens with one attached hydrogen (secondary N) is 1. The Kier molecular flexibility index (Phi) is 7.02. The Morgan fingerprint density at radius 3 is 2.31 bits per heavy atom. The highest BCUT2D eigenvalue weighted by Crippen LogP contribution is 2.20. The Morgan fingerprint density at radius 2 is 1.72 bits per heavy atom. The lowest BCUT2D eigenvalue weighted by Crippen LogP contribution is -2.49. The van der Waals surface area contributed by atoms with E-state index in [1.807, 2.05) is 24.3 Å². The van der Waals surface area contributed by atoms with Gasteiger partial charge in [-0.05, 0) is 36.2 Å². The van der Waals surface area contributed by atoms with E-state index >= 15 is 0 Å². The molecule has 1 aliphatic rings. The number of nitro benzene ring substituents is 1. The Balaban J connectivity index is 1.37. The molecule has 1 saturated heterocycles. The lowest BCUT2D eigenvalue weighted by atomic mass is 10.1. The van der Waals surface area contributed by atoms with Crippen LogP contribution in [-0.2, 0) is 11.2 Å². The quantitative estimate of drug-likeness (QED) is 0.541. The number of non-ortho nitro benzene ring substituents is 1. The molecule has 8 nitrogen and oxygen atoms in total. The van der Waals surface area contributed by atoms with E-state index in [1.54, 1.807) is 19.2 Å². The van der Waals surface area contributed by atoms with Crippen molar-refractivity contribution in [2.75, 3.05) is 51.3 Å². The monoisotopic (exact) mass is 398 g/mol. The first-order chi connectivity index (χ1) is 14.0. The number of amides is 1. The molecule has 0 aromatic heterocycles. The van der Waals surface area contributed by atoms with Crippen molar-refractivity contribution in [1.29, 1.82) is 0 Å². The van der Waals surface area contributed by atoms with Gasteiger partial charge >= 0.3 is 0 Å². The number of ether oxygens (including phenoxy) is 1. The van der Waals surface area contributed by atoms with Crippen LogP contribution in [0.25, 0.3) is 0 Å². The summed E-state index contributed by atoms with van der Waals surface area (Å²) in [6.07, 6.45) is 0.781. The molecule has 0 saturated carbocycles. The van der Waals surface area contributed by atoms with E-state index in [0.29, 0.717) is 13.1 Å². The molecule has 1 amide bonds. The van der Waals surface area contributed by atoms with E-state index in [9.17, 15) is 14.9 Å². The predicted octanol–water partition coefficient (Wildman–Crippen LogP) is 2.08. The van der Waals surface area contributed by atoms with Gasteiger partial charge in [-0.2, -0.15) is 0 Å². The number of carbonyl (C=O) groups is 1. The SMILES string of the molecule is COc1ccc(CCNC(=O)CN2CCN(c3ccc([N+](=O)[O-])cc3)CC2)cc1. The maximum atomic E-state index is 12.2. The van der Waals surface area contributed by atoms with Crippen molar-refractivity contribution in [3.8, 4) is 5.75 Å². The molecular formula is C21H26N4O4. The highest BCUT2D eigenvalue weighted by atomic mass is 16.6. The number of nitrogens with zero attached hydrogens (tertiary/aromatic N) is 3. The fourth-order valence-electron chi connectivity index (χ4n) is 3.35. The maximum absolute atomic E-state index is 12.2. The number of nitro groups is 1. The Hall–Kier alpha value is -3.13. The maximum Gasteiger partial charge on any atom is 0.269 e. The van der Waals surface area contributed by atoms with Gasteiger partial charge in [-0.25, -0.2) is 0 Å². The van der Waals surface area contributed by atoms with Crippen LogP contribution in [0.3, 0.4) is 0 Å². The van der Waals surface area contributed by atoms with Gasteiger partial charge in [0.05, 0.1) is 18.6 Å². The van der Waals surface area contributed by atoms with Gasteiger partial charge in [-0.1, -0.05) is 12.1 Å². The summed E-state index contributed by atoms with van der Waals surface area (Å²) in [4.78, 5) is 26.9. The average molecular weight is 398 g/mol. The van der Waals surface area contributed by atoms with E-state index in [1.165, 1.54) is 12.1 Å². The Morgan fingerprint density at radius 1 is 1.07 bits per heavy atom. The number of hydrogen-bond donors (Lipinski definition) is 1. The summed E-state index contributed by atoms with van der Waals surface area (Å²) in [5.74, 6) is 0.855. The first kappa shape index (κ1) is 20.6. The normalized spacial score (nSPS) is 14.4. The molecule has 1 heterocycles. The van der Waals surface area contributed by atoms with Gasteiger partial charge in [-0.3, -0.25) is 19.8 Å². The summed E-state index contributed by atoms with van der Waals surface area (Å²) >= 11 is 0. The third-order valence-electron chi connectivity index (χ3n) is 5.06. The minimum atomic E-state index is -0.394. The molecule has 0 radical (unpaired) electrons. The van der Waals surface area contributed by atoms with E-state index < -0.39 is 4.92 Å². The van der Waals surface area contributed by atoms with Crippen molar-refractivity contribution in [3.63, 3.8) is 0 Å². The molecule has 2 aromatic carbocycles. The summed E-state index contributed by atoms with van der Waals surface area (Å²) < 4.78 is 5.14. The highest BCUT2D eigenvalue weighted by molar-refractivity contribution is 5.78.